The van der Waals surface area contributed by atoms with Crippen molar-refractivity contribution in [2.75, 3.05) is 0 Å². The number of hydrogen-bond acceptors (Lipinski definition) is 1. The molecule has 0 aromatic heterocycles. The molecule has 0 radical (unpaired) electrons. The highest BCUT2D eigenvalue weighted by Gasteiger charge is 2.44. The van der Waals surface area contributed by atoms with Gasteiger partial charge < -0.3 is 5.11 Å². The summed E-state index contributed by atoms with van der Waals surface area (Å²) in [5, 5.41) is 11.3. The highest BCUT2D eigenvalue weighted by Crippen LogP contribution is 2.51. The van der Waals surface area contributed by atoms with Gasteiger partial charge in [0.05, 0.1) is 0 Å². The fourth-order valence-electron chi connectivity index (χ4n) is 3.07. The van der Waals surface area contributed by atoms with Crippen LogP contribution in [-0.2, 0) is 5.60 Å². The second kappa shape index (κ2) is 3.96. The first-order valence-corrected chi connectivity index (χ1v) is 6.61. The highest BCUT2D eigenvalue weighted by atomic mass is 16.3. The molecular weight excluding hydrogens is 220 g/mol. The molecule has 0 saturated heterocycles. The Balaban J connectivity index is 2.33. The van der Waals surface area contributed by atoms with Gasteiger partial charge in [-0.25, -0.2) is 0 Å². The lowest BCUT2D eigenvalue weighted by Crippen LogP contribution is -2.32. The van der Waals surface area contributed by atoms with E-state index in [1.165, 1.54) is 11.1 Å². The Hall–Kier alpha value is -1.60. The number of hydrogen-bond donors (Lipinski definition) is 1. The zero-order valence-corrected chi connectivity index (χ0v) is 10.9. The van der Waals surface area contributed by atoms with E-state index in [1.54, 1.807) is 0 Å². The molecule has 0 bridgehead atoms. The van der Waals surface area contributed by atoms with Crippen molar-refractivity contribution in [1.29, 1.82) is 0 Å². The fraction of sp³-hybridized carbons (Fsp3) is 0.294. The van der Waals surface area contributed by atoms with E-state index in [-0.39, 0.29) is 5.92 Å². The Kier molecular flexibility index (Phi) is 2.53. The number of aliphatic hydroxyl groups is 1. The van der Waals surface area contributed by atoms with E-state index in [0.717, 1.165) is 17.5 Å². The van der Waals surface area contributed by atoms with Gasteiger partial charge in [0, 0.05) is 0 Å². The van der Waals surface area contributed by atoms with Gasteiger partial charge in [0.1, 0.15) is 5.60 Å². The van der Waals surface area contributed by atoms with Crippen LogP contribution in [0.15, 0.2) is 48.5 Å². The number of benzene rings is 2. The Morgan fingerprint density at radius 2 is 1.39 bits per heavy atom. The minimum Gasteiger partial charge on any atom is -0.380 e. The highest BCUT2D eigenvalue weighted by molar-refractivity contribution is 5.80. The Morgan fingerprint density at radius 1 is 0.944 bits per heavy atom. The average Bonchev–Trinajstić information content (AvgIpc) is 2.70. The maximum Gasteiger partial charge on any atom is 0.118 e. The topological polar surface area (TPSA) is 20.2 Å². The molecule has 0 heterocycles. The first kappa shape index (κ1) is 11.5. The lowest BCUT2D eigenvalue weighted by atomic mass is 9.79. The van der Waals surface area contributed by atoms with Gasteiger partial charge >= 0.3 is 0 Å². The number of rotatable bonds is 2. The van der Waals surface area contributed by atoms with Crippen molar-refractivity contribution in [1.82, 2.24) is 0 Å². The minimum absolute atomic E-state index is 0.210. The van der Waals surface area contributed by atoms with E-state index < -0.39 is 5.60 Å². The normalized spacial score (nSPS) is 17.1. The standard InChI is InChI=1S/C17H18O/c1-3-12(2)17(18)15-10-6-4-8-13(15)14-9-5-7-11-16(14)17/h4-12,18H,3H2,1-2H3. The summed E-state index contributed by atoms with van der Waals surface area (Å²) >= 11 is 0. The van der Waals surface area contributed by atoms with Crippen LogP contribution in [0.3, 0.4) is 0 Å². The third-order valence-corrected chi connectivity index (χ3v) is 4.29. The maximum atomic E-state index is 11.3. The maximum absolute atomic E-state index is 11.3. The van der Waals surface area contributed by atoms with Crippen molar-refractivity contribution in [3.05, 3.63) is 59.7 Å². The summed E-state index contributed by atoms with van der Waals surface area (Å²) in [4.78, 5) is 0. The molecule has 1 N–H and O–H groups in total. The quantitative estimate of drug-likeness (QED) is 0.840. The van der Waals surface area contributed by atoms with E-state index >= 15 is 0 Å². The summed E-state index contributed by atoms with van der Waals surface area (Å²) in [6.07, 6.45) is 0.958. The SMILES string of the molecule is CCC(C)C1(O)c2ccccc2-c2ccccc21. The molecule has 0 spiro atoms. The third-order valence-electron chi connectivity index (χ3n) is 4.29. The summed E-state index contributed by atoms with van der Waals surface area (Å²) in [7, 11) is 0. The van der Waals surface area contributed by atoms with E-state index in [2.05, 4.69) is 38.1 Å². The zero-order valence-electron chi connectivity index (χ0n) is 10.9. The van der Waals surface area contributed by atoms with Gasteiger partial charge in [-0.3, -0.25) is 0 Å². The van der Waals surface area contributed by atoms with Gasteiger partial charge in [0.15, 0.2) is 0 Å². The lowest BCUT2D eigenvalue weighted by molar-refractivity contribution is 0.0267. The van der Waals surface area contributed by atoms with Crippen molar-refractivity contribution < 1.29 is 5.11 Å². The smallest absolute Gasteiger partial charge is 0.118 e. The molecule has 1 unspecified atom stereocenters. The van der Waals surface area contributed by atoms with Crippen LogP contribution in [0.25, 0.3) is 11.1 Å². The largest absolute Gasteiger partial charge is 0.380 e. The molecule has 92 valence electrons. The van der Waals surface area contributed by atoms with Crippen molar-refractivity contribution >= 4 is 0 Å². The third kappa shape index (κ3) is 1.31. The molecule has 0 fully saturated rings. The zero-order chi connectivity index (χ0) is 12.8. The molecule has 2 aromatic carbocycles. The predicted molar refractivity (Wildman–Crippen MR) is 74.3 cm³/mol. The lowest BCUT2D eigenvalue weighted by Gasteiger charge is -2.31. The number of fused-ring (bicyclic) bond motifs is 3. The van der Waals surface area contributed by atoms with Gasteiger partial charge in [-0.05, 0) is 28.2 Å². The Bertz CT molecular complexity index is 540. The van der Waals surface area contributed by atoms with Crippen LogP contribution in [0.4, 0.5) is 0 Å². The molecular formula is C17H18O. The van der Waals surface area contributed by atoms with Crippen molar-refractivity contribution in [2.24, 2.45) is 5.92 Å². The van der Waals surface area contributed by atoms with E-state index in [9.17, 15) is 5.11 Å². The average molecular weight is 238 g/mol. The van der Waals surface area contributed by atoms with Crippen LogP contribution in [0, 0.1) is 5.92 Å². The summed E-state index contributed by atoms with van der Waals surface area (Å²) < 4.78 is 0. The monoisotopic (exact) mass is 238 g/mol. The van der Waals surface area contributed by atoms with Crippen LogP contribution in [0.2, 0.25) is 0 Å². The van der Waals surface area contributed by atoms with E-state index in [4.69, 9.17) is 0 Å². The van der Waals surface area contributed by atoms with Crippen LogP contribution in [-0.4, -0.2) is 5.11 Å². The summed E-state index contributed by atoms with van der Waals surface area (Å²) in [6, 6.07) is 16.4. The summed E-state index contributed by atoms with van der Waals surface area (Å²) in [5.74, 6) is 0.210. The predicted octanol–water partition coefficient (Wildman–Crippen LogP) is 3.95. The van der Waals surface area contributed by atoms with E-state index in [0.29, 0.717) is 0 Å². The van der Waals surface area contributed by atoms with Gasteiger partial charge in [-0.2, -0.15) is 0 Å². The van der Waals surface area contributed by atoms with Gasteiger partial charge in [-0.1, -0.05) is 68.8 Å². The van der Waals surface area contributed by atoms with Crippen molar-refractivity contribution in [3.8, 4) is 11.1 Å². The second-order valence-corrected chi connectivity index (χ2v) is 5.17. The first-order valence-electron chi connectivity index (χ1n) is 6.61. The van der Waals surface area contributed by atoms with E-state index in [1.807, 2.05) is 24.3 Å². The van der Waals surface area contributed by atoms with Crippen molar-refractivity contribution in [3.63, 3.8) is 0 Å². The minimum atomic E-state index is -0.831. The molecule has 1 heteroatoms. The molecule has 1 aliphatic carbocycles. The van der Waals surface area contributed by atoms with Crippen molar-refractivity contribution in [2.45, 2.75) is 25.9 Å². The van der Waals surface area contributed by atoms with Crippen LogP contribution < -0.4 is 0 Å². The first-order chi connectivity index (χ1) is 8.69. The molecule has 1 nitrogen and oxygen atoms in total. The van der Waals surface area contributed by atoms with Crippen LogP contribution >= 0.6 is 0 Å². The molecule has 1 aliphatic rings. The second-order valence-electron chi connectivity index (χ2n) is 5.17. The van der Waals surface area contributed by atoms with Gasteiger partial charge in [0.25, 0.3) is 0 Å². The molecule has 1 atom stereocenters. The molecule has 0 aliphatic heterocycles. The Labute approximate surface area is 108 Å². The van der Waals surface area contributed by atoms with Gasteiger partial charge in [-0.15, -0.1) is 0 Å². The van der Waals surface area contributed by atoms with Crippen LogP contribution in [0.5, 0.6) is 0 Å². The summed E-state index contributed by atoms with van der Waals surface area (Å²) in [5.41, 5.74) is 3.63. The van der Waals surface area contributed by atoms with Crippen LogP contribution in [0.1, 0.15) is 31.4 Å². The Morgan fingerprint density at radius 3 is 1.83 bits per heavy atom. The molecule has 2 aromatic rings. The molecule has 0 saturated carbocycles. The van der Waals surface area contributed by atoms with Gasteiger partial charge in [0.2, 0.25) is 0 Å². The molecule has 18 heavy (non-hydrogen) atoms. The molecule has 0 amide bonds. The summed E-state index contributed by atoms with van der Waals surface area (Å²) in [6.45, 7) is 4.26. The molecule has 3 rings (SSSR count). The fourth-order valence-corrected chi connectivity index (χ4v) is 3.07.